The summed E-state index contributed by atoms with van der Waals surface area (Å²) in [5.74, 6) is 1.08. The summed E-state index contributed by atoms with van der Waals surface area (Å²) in [4.78, 5) is 31.5. The molecule has 2 heterocycles. The average Bonchev–Trinajstić information content (AvgIpc) is 3.37. The fourth-order valence-electron chi connectivity index (χ4n) is 4.40. The number of hydrogen-bond donors (Lipinski definition) is 0. The molecule has 1 unspecified atom stereocenters. The molecule has 10 heteroatoms. The van der Waals surface area contributed by atoms with Gasteiger partial charge in [-0.3, -0.25) is 9.59 Å². The Morgan fingerprint density at radius 1 is 1.11 bits per heavy atom. The number of methoxy groups -OCH3 is 3. The van der Waals surface area contributed by atoms with Crippen LogP contribution >= 0.6 is 0 Å². The summed E-state index contributed by atoms with van der Waals surface area (Å²) in [5, 5.41) is 3.94. The van der Waals surface area contributed by atoms with Gasteiger partial charge in [-0.1, -0.05) is 5.16 Å². The summed E-state index contributed by atoms with van der Waals surface area (Å²) in [6.07, 6.45) is 1.81. The van der Waals surface area contributed by atoms with Gasteiger partial charge < -0.3 is 23.6 Å². The Bertz CT molecular complexity index is 1230. The molecule has 1 aromatic heterocycles. The van der Waals surface area contributed by atoms with E-state index in [9.17, 15) is 14.0 Å². The monoisotopic (exact) mass is 497 g/mol. The highest BCUT2D eigenvalue weighted by Gasteiger charge is 2.33. The van der Waals surface area contributed by atoms with Crippen molar-refractivity contribution in [2.24, 2.45) is 0 Å². The Balaban J connectivity index is 1.44. The van der Waals surface area contributed by atoms with E-state index >= 15 is 0 Å². The molecule has 0 fully saturated rings. The normalized spacial score (nSPS) is 14.8. The van der Waals surface area contributed by atoms with Crippen molar-refractivity contribution in [1.82, 2.24) is 15.0 Å². The maximum Gasteiger partial charge on any atom is 0.307 e. The van der Waals surface area contributed by atoms with Crippen LogP contribution in [0.2, 0.25) is 0 Å². The number of rotatable bonds is 9. The van der Waals surface area contributed by atoms with Crippen LogP contribution in [0.3, 0.4) is 0 Å². The van der Waals surface area contributed by atoms with Crippen molar-refractivity contribution in [2.75, 3.05) is 27.9 Å². The number of aromatic nitrogens is 2. The van der Waals surface area contributed by atoms with E-state index in [0.29, 0.717) is 54.6 Å². The SMILES string of the molecule is COC(=O)CC1c2cc(OC)c(OC)cc2CCN1C(=O)CCCc1nc(-c2ccc(F)cc2)no1. The lowest BCUT2D eigenvalue weighted by Crippen LogP contribution is -2.41. The first-order valence-corrected chi connectivity index (χ1v) is 11.6. The van der Waals surface area contributed by atoms with Gasteiger partial charge >= 0.3 is 5.97 Å². The van der Waals surface area contributed by atoms with Crippen LogP contribution in [0.4, 0.5) is 4.39 Å². The first-order chi connectivity index (χ1) is 17.4. The van der Waals surface area contributed by atoms with E-state index in [4.69, 9.17) is 18.7 Å². The molecule has 9 nitrogen and oxygen atoms in total. The van der Waals surface area contributed by atoms with Crippen LogP contribution in [0.1, 0.15) is 42.3 Å². The van der Waals surface area contributed by atoms with Crippen molar-refractivity contribution in [2.45, 2.75) is 38.1 Å². The van der Waals surface area contributed by atoms with Gasteiger partial charge in [0.25, 0.3) is 0 Å². The van der Waals surface area contributed by atoms with Gasteiger partial charge in [-0.2, -0.15) is 4.98 Å². The van der Waals surface area contributed by atoms with Crippen molar-refractivity contribution in [1.29, 1.82) is 0 Å². The third-order valence-electron chi connectivity index (χ3n) is 6.26. The summed E-state index contributed by atoms with van der Waals surface area (Å²) >= 11 is 0. The van der Waals surface area contributed by atoms with Crippen LogP contribution in [-0.2, 0) is 27.2 Å². The first kappa shape index (κ1) is 25.2. The Morgan fingerprint density at radius 3 is 2.53 bits per heavy atom. The largest absolute Gasteiger partial charge is 0.493 e. The predicted molar refractivity (Wildman–Crippen MR) is 127 cm³/mol. The molecule has 4 rings (SSSR count). The zero-order chi connectivity index (χ0) is 25.7. The van der Waals surface area contributed by atoms with Crippen LogP contribution in [0.5, 0.6) is 11.5 Å². The second-order valence-electron chi connectivity index (χ2n) is 8.41. The Morgan fingerprint density at radius 2 is 1.83 bits per heavy atom. The number of ether oxygens (including phenoxy) is 3. The molecule has 36 heavy (non-hydrogen) atoms. The lowest BCUT2D eigenvalue weighted by atomic mass is 9.89. The summed E-state index contributed by atoms with van der Waals surface area (Å²) in [6, 6.07) is 9.07. The molecule has 1 aliphatic heterocycles. The van der Waals surface area contributed by atoms with Gasteiger partial charge in [0.2, 0.25) is 17.6 Å². The average molecular weight is 498 g/mol. The number of aryl methyl sites for hydroxylation is 1. The Hall–Kier alpha value is -3.95. The molecule has 0 saturated heterocycles. The van der Waals surface area contributed by atoms with E-state index < -0.39 is 12.0 Å². The lowest BCUT2D eigenvalue weighted by molar-refractivity contribution is -0.144. The van der Waals surface area contributed by atoms with Gasteiger partial charge in [0.15, 0.2) is 11.5 Å². The standard InChI is InChI=1S/C26H28FN3O6/c1-33-21-13-17-11-12-30(20(15-25(32)35-3)19(17)14-22(21)34-2)24(31)6-4-5-23-28-26(29-36-23)16-7-9-18(27)10-8-16/h7-10,13-14,20H,4-6,11-12,15H2,1-3H3. The summed E-state index contributed by atoms with van der Waals surface area (Å²) in [7, 11) is 4.45. The van der Waals surface area contributed by atoms with Crippen molar-refractivity contribution in [3.05, 3.63) is 59.2 Å². The highest BCUT2D eigenvalue weighted by Crippen LogP contribution is 2.40. The van der Waals surface area contributed by atoms with Crippen LogP contribution in [0.15, 0.2) is 40.9 Å². The summed E-state index contributed by atoms with van der Waals surface area (Å²) in [5.41, 5.74) is 2.50. The first-order valence-electron chi connectivity index (χ1n) is 11.6. The van der Waals surface area contributed by atoms with Crippen molar-refractivity contribution < 1.29 is 32.7 Å². The maximum absolute atomic E-state index is 13.2. The maximum atomic E-state index is 13.2. The van der Waals surface area contributed by atoms with Gasteiger partial charge in [-0.15, -0.1) is 0 Å². The van der Waals surface area contributed by atoms with E-state index in [2.05, 4.69) is 10.1 Å². The lowest BCUT2D eigenvalue weighted by Gasteiger charge is -2.37. The van der Waals surface area contributed by atoms with Crippen LogP contribution < -0.4 is 9.47 Å². The predicted octanol–water partition coefficient (Wildman–Crippen LogP) is 3.90. The number of benzene rings is 2. The van der Waals surface area contributed by atoms with E-state index in [-0.39, 0.29) is 24.6 Å². The van der Waals surface area contributed by atoms with E-state index in [0.717, 1.165) is 11.1 Å². The molecular formula is C26H28FN3O6. The van der Waals surface area contributed by atoms with Crippen LogP contribution in [-0.4, -0.2) is 54.8 Å². The molecule has 1 aliphatic rings. The van der Waals surface area contributed by atoms with Gasteiger partial charge in [-0.25, -0.2) is 4.39 Å². The number of carbonyl (C=O) groups is 2. The molecule has 0 aliphatic carbocycles. The number of esters is 1. The van der Waals surface area contributed by atoms with Crippen molar-refractivity contribution in [3.8, 4) is 22.9 Å². The summed E-state index contributed by atoms with van der Waals surface area (Å²) in [6.45, 7) is 0.470. The smallest absolute Gasteiger partial charge is 0.307 e. The Kier molecular flexibility index (Phi) is 7.82. The van der Waals surface area contributed by atoms with Gasteiger partial charge in [0.1, 0.15) is 5.82 Å². The fourth-order valence-corrected chi connectivity index (χ4v) is 4.40. The molecule has 2 aromatic carbocycles. The number of amides is 1. The fraction of sp³-hybridized carbons (Fsp3) is 0.385. The molecule has 190 valence electrons. The van der Waals surface area contributed by atoms with Crippen molar-refractivity contribution in [3.63, 3.8) is 0 Å². The molecule has 1 atom stereocenters. The Labute approximate surface area is 208 Å². The van der Waals surface area contributed by atoms with Crippen molar-refractivity contribution >= 4 is 11.9 Å². The zero-order valence-corrected chi connectivity index (χ0v) is 20.5. The second kappa shape index (κ2) is 11.2. The molecule has 0 bridgehead atoms. The number of halogens is 1. The zero-order valence-electron chi connectivity index (χ0n) is 20.5. The van der Waals surface area contributed by atoms with E-state index in [1.165, 1.54) is 19.2 Å². The molecule has 0 radical (unpaired) electrons. The molecule has 0 N–H and O–H groups in total. The second-order valence-corrected chi connectivity index (χ2v) is 8.41. The molecule has 0 spiro atoms. The quantitative estimate of drug-likeness (QED) is 0.410. The highest BCUT2D eigenvalue weighted by atomic mass is 19.1. The number of nitrogens with zero attached hydrogens (tertiary/aromatic N) is 3. The highest BCUT2D eigenvalue weighted by molar-refractivity contribution is 5.79. The number of fused-ring (bicyclic) bond motifs is 1. The topological polar surface area (TPSA) is 104 Å². The van der Waals surface area contributed by atoms with E-state index in [1.54, 1.807) is 31.3 Å². The molecule has 0 saturated carbocycles. The summed E-state index contributed by atoms with van der Waals surface area (Å²) < 4.78 is 34.2. The molecular weight excluding hydrogens is 469 g/mol. The number of hydrogen-bond acceptors (Lipinski definition) is 8. The van der Waals surface area contributed by atoms with Gasteiger partial charge in [0, 0.05) is 24.9 Å². The van der Waals surface area contributed by atoms with Gasteiger partial charge in [0.05, 0.1) is 33.8 Å². The van der Waals surface area contributed by atoms with Crippen LogP contribution in [0.25, 0.3) is 11.4 Å². The number of carbonyl (C=O) groups excluding carboxylic acids is 2. The molecule has 1 amide bonds. The van der Waals surface area contributed by atoms with E-state index in [1.807, 2.05) is 12.1 Å². The third-order valence-corrected chi connectivity index (χ3v) is 6.26. The molecule has 3 aromatic rings. The van der Waals surface area contributed by atoms with Gasteiger partial charge in [-0.05, 0) is 60.4 Å². The minimum absolute atomic E-state index is 0.0371. The van der Waals surface area contributed by atoms with Crippen LogP contribution in [0, 0.1) is 5.82 Å². The minimum Gasteiger partial charge on any atom is -0.493 e. The minimum atomic E-state index is -0.470. The third kappa shape index (κ3) is 5.48.